The van der Waals surface area contributed by atoms with E-state index in [1.807, 2.05) is 156 Å². The van der Waals surface area contributed by atoms with Crippen molar-refractivity contribution in [3.8, 4) is 17.2 Å². The van der Waals surface area contributed by atoms with E-state index in [0.29, 0.717) is 73.4 Å². The second-order valence-corrected chi connectivity index (χ2v) is 38.7. The fourth-order valence-corrected chi connectivity index (χ4v) is 19.3. The maximum Gasteiger partial charge on any atom is 0.416 e. The van der Waals surface area contributed by atoms with Gasteiger partial charge in [0.15, 0.2) is 32.6 Å². The summed E-state index contributed by atoms with van der Waals surface area (Å²) in [6, 6.07) is 21.0. The molecule has 122 heavy (non-hydrogen) atoms. The number of aliphatic hydroxyl groups is 3. The molecule has 5 saturated heterocycles. The zero-order valence-electron chi connectivity index (χ0n) is 74.4. The molecule has 0 aliphatic carbocycles. The van der Waals surface area contributed by atoms with Gasteiger partial charge in [0.25, 0.3) is 11.8 Å². The lowest BCUT2D eigenvalue weighted by Gasteiger charge is -2.43. The van der Waals surface area contributed by atoms with Crippen molar-refractivity contribution in [2.45, 2.75) is 320 Å². The Kier molecular flexibility index (Phi) is 36.9. The van der Waals surface area contributed by atoms with Crippen molar-refractivity contribution in [3.05, 3.63) is 89.5 Å². The molecule has 3 amide bonds. The Labute approximate surface area is 732 Å². The molecule has 3 aromatic rings. The van der Waals surface area contributed by atoms with E-state index < -0.39 is 130 Å². The van der Waals surface area contributed by atoms with Gasteiger partial charge in [-0.05, 0) is 155 Å². The largest absolute Gasteiger partial charge is 0.497 e. The molecule has 0 radical (unpaired) electrons. The SMILES string of the molecule is CCCN(C(=O)OC(C)(C)C)C1=N[C@@H]2[C@@H](OCc3ccc(OC)cc3)[C@H](C)[C@@H](C(C)(F)F)O[C@@H]2S1.CCCN(C(=O)OC(C)(C)C)C1=N[C@@H]2[C@@H](OCc3ccc(OC)cc3)[C@H](C)[C@@H](C(C)=O)O[C@@H]2S1.CCCN(C(=O)OC(C)(C)C)C1=N[C@@H]2[C@@H](OCc3ccc(OC)cc3)[C@H](C)[C@@H](C(C)O)O[C@@H]2S1.CCCN=C1N[C@@H]2[C@@H](O)[C@H](O)[C@@H](C(C)(F)F)O[C@@H]2S1. The van der Waals surface area contributed by atoms with Crippen LogP contribution in [-0.4, -0.2) is 258 Å². The number of aliphatic imine (C=N–C) groups is 4. The lowest BCUT2D eigenvalue weighted by atomic mass is 9.87. The Balaban J connectivity index is 0.000000206. The lowest BCUT2D eigenvalue weighted by Crippen LogP contribution is -2.62. The summed E-state index contributed by atoms with van der Waals surface area (Å²) in [6.07, 6.45) is -7.22. The van der Waals surface area contributed by atoms with E-state index in [-0.39, 0.29) is 54.0 Å². The number of nitrogens with one attached hydrogen (secondary N) is 1. The average Bonchev–Trinajstić information content (AvgIpc) is 1.63. The van der Waals surface area contributed by atoms with Crippen LogP contribution in [-0.2, 0) is 72.0 Å². The van der Waals surface area contributed by atoms with Gasteiger partial charge in [0.1, 0.15) is 98.3 Å². The molecular weight excluding hydrogens is 1670 g/mol. The van der Waals surface area contributed by atoms with Crippen molar-refractivity contribution in [2.24, 2.45) is 37.7 Å². The van der Waals surface area contributed by atoms with Crippen LogP contribution < -0.4 is 19.5 Å². The van der Waals surface area contributed by atoms with Crippen molar-refractivity contribution < 1.29 is 114 Å². The van der Waals surface area contributed by atoms with E-state index in [2.05, 4.69) is 10.3 Å². The molecule has 28 nitrogen and oxygen atoms in total. The number of thioether (sulfide) groups is 4. The summed E-state index contributed by atoms with van der Waals surface area (Å²) in [5.74, 6) is -4.95. The molecule has 8 heterocycles. The normalized spacial score (nSPS) is 29.1. The topological polar surface area (TPSA) is 320 Å². The van der Waals surface area contributed by atoms with Gasteiger partial charge < -0.3 is 82.2 Å². The summed E-state index contributed by atoms with van der Waals surface area (Å²) in [5, 5.41) is 35.0. The Morgan fingerprint density at radius 3 is 1.16 bits per heavy atom. The summed E-state index contributed by atoms with van der Waals surface area (Å²) in [7, 11) is 4.86. The number of fused-ring (bicyclic) bond motifs is 4. The second kappa shape index (κ2) is 44.5. The van der Waals surface area contributed by atoms with Crippen LogP contribution >= 0.6 is 47.0 Å². The van der Waals surface area contributed by atoms with Crippen molar-refractivity contribution in [1.29, 1.82) is 0 Å². The maximum atomic E-state index is 14.5. The number of aliphatic hydroxyl groups excluding tert-OH is 3. The number of hydrogen-bond donors (Lipinski definition) is 4. The van der Waals surface area contributed by atoms with Crippen LogP contribution in [0.25, 0.3) is 0 Å². The van der Waals surface area contributed by atoms with Crippen molar-refractivity contribution >= 4 is 91.8 Å². The molecule has 0 bridgehead atoms. The number of carbonyl (C=O) groups excluding carboxylic acids is 4. The molecule has 11 rings (SSSR count). The molecule has 684 valence electrons. The molecule has 0 aromatic heterocycles. The minimum Gasteiger partial charge on any atom is -0.497 e. The van der Waals surface area contributed by atoms with E-state index >= 15 is 0 Å². The number of methoxy groups -OCH3 is 3. The number of rotatable bonds is 24. The quantitative estimate of drug-likeness (QED) is 0.0478. The summed E-state index contributed by atoms with van der Waals surface area (Å²) in [4.78, 5) is 74.4. The van der Waals surface area contributed by atoms with Gasteiger partial charge >= 0.3 is 18.3 Å². The molecule has 0 spiro atoms. The van der Waals surface area contributed by atoms with Gasteiger partial charge in [0.05, 0.1) is 77.7 Å². The molecule has 8 aliphatic rings. The Morgan fingerprint density at radius 1 is 0.492 bits per heavy atom. The zero-order valence-corrected chi connectivity index (χ0v) is 77.7. The minimum absolute atomic E-state index is 0.0457. The number of benzene rings is 3. The van der Waals surface area contributed by atoms with Crippen LogP contribution in [0.2, 0.25) is 0 Å². The van der Waals surface area contributed by atoms with E-state index in [4.69, 9.17) is 76.6 Å². The molecular formula is C86H128F4N8O20S4. The van der Waals surface area contributed by atoms with E-state index in [1.165, 1.54) is 58.9 Å². The van der Waals surface area contributed by atoms with Crippen molar-refractivity contribution in [1.82, 2.24) is 20.0 Å². The number of ketones is 1. The summed E-state index contributed by atoms with van der Waals surface area (Å²) >= 11 is 5.10. The van der Waals surface area contributed by atoms with E-state index in [9.17, 15) is 52.1 Å². The van der Waals surface area contributed by atoms with Crippen molar-refractivity contribution in [2.75, 3.05) is 47.5 Å². The summed E-state index contributed by atoms with van der Waals surface area (Å²) < 4.78 is 131. The number of nitrogens with zero attached hydrogens (tertiary/aromatic N) is 7. The first-order chi connectivity index (χ1) is 57.2. The fraction of sp³-hybridized carbons (Fsp3) is 0.698. The van der Waals surface area contributed by atoms with Gasteiger partial charge in [-0.1, -0.05) is 132 Å². The van der Waals surface area contributed by atoms with Gasteiger partial charge in [-0.2, -0.15) is 0 Å². The number of Topliss-reactive ketones (excluding diaryl/α,β-unsaturated/α-hetero) is 1. The van der Waals surface area contributed by atoms with Gasteiger partial charge in [-0.15, -0.1) is 0 Å². The fourth-order valence-electron chi connectivity index (χ4n) is 14.5. The molecule has 21 atom stereocenters. The number of alkyl halides is 4. The Bertz CT molecular complexity index is 4000. The number of carbonyl (C=O) groups is 4. The molecule has 1 unspecified atom stereocenters. The maximum absolute atomic E-state index is 14.5. The molecule has 8 aliphatic heterocycles. The number of ether oxygens (including phenoxy) is 13. The van der Waals surface area contributed by atoms with Gasteiger partial charge in [-0.3, -0.25) is 39.5 Å². The third kappa shape index (κ3) is 27.6. The van der Waals surface area contributed by atoms with Gasteiger partial charge in [0.2, 0.25) is 0 Å². The highest BCUT2D eigenvalue weighted by molar-refractivity contribution is 8.15. The molecule has 0 saturated carbocycles. The molecule has 5 fully saturated rings. The summed E-state index contributed by atoms with van der Waals surface area (Å²) in [6.45, 7) is 37.8. The van der Waals surface area contributed by atoms with Gasteiger partial charge in [0, 0.05) is 57.8 Å². The average molecular weight is 1800 g/mol. The second-order valence-electron chi connectivity index (χ2n) is 34.4. The van der Waals surface area contributed by atoms with Crippen LogP contribution in [0.3, 0.4) is 0 Å². The molecule has 4 N–H and O–H groups in total. The predicted molar refractivity (Wildman–Crippen MR) is 466 cm³/mol. The first-order valence-corrected chi connectivity index (χ1v) is 45.2. The zero-order chi connectivity index (χ0) is 90.3. The third-order valence-corrected chi connectivity index (χ3v) is 24.9. The standard InChI is InChI=1S/C25H36F2N2O5S.C25H38N2O6S.C25H36N2O6S.C11H18F2N2O3S/c1-8-13-29(23(30)34-24(3,4)5)22-28-18-19(32-14-16-9-11-17(31-7)12-10-16)15(2)20(25(6,26)27)33-21(18)35-22;2*1-8-13-27(24(29)33-25(4,5)6)23-26-19-21(15(2)20(16(3)28)32-22(19)34-23)31-14-17-9-11-18(30-7)12-10-17;1-3-4-14-10-15-5-6(16)7(17)8(11(2,12)13)18-9(5)19-10/h9-12,15,18-21H,8,13-14H2,1-7H3;9-12,15-16,19-22,28H,8,13-14H2,1-7H3;9-12,15,19-22H,8,13-14H2,1-7H3;5-9,16-17H,3-4H2,1-2H3,(H,14,15)/t15-,18+,19-,20-,21+;15-,16?,19-,20+,21+,22-;15-,19-,20+,21+,22-;5-,6-,7+,8+,9-/m0111/s1. The first-order valence-electron chi connectivity index (χ1n) is 41.6. The summed E-state index contributed by atoms with van der Waals surface area (Å²) in [5.41, 5.74) is -1.13. The van der Waals surface area contributed by atoms with Crippen molar-refractivity contribution in [3.63, 3.8) is 0 Å². The monoisotopic (exact) mass is 1800 g/mol. The number of amidine groups is 4. The smallest absolute Gasteiger partial charge is 0.416 e. The highest BCUT2D eigenvalue weighted by Gasteiger charge is 2.58. The minimum atomic E-state index is -3.21. The highest BCUT2D eigenvalue weighted by Crippen LogP contribution is 2.48. The number of hydrogen-bond acceptors (Lipinski definition) is 28. The number of amides is 3. The molecule has 36 heteroatoms. The van der Waals surface area contributed by atoms with Crippen LogP contribution in [0.4, 0.5) is 31.9 Å². The Hall–Kier alpha value is -6.26. The lowest BCUT2D eigenvalue weighted by molar-refractivity contribution is -0.228. The van der Waals surface area contributed by atoms with E-state index in [1.54, 1.807) is 65.7 Å². The number of halogens is 4. The van der Waals surface area contributed by atoms with Crippen LogP contribution in [0, 0.1) is 17.8 Å². The highest BCUT2D eigenvalue weighted by atomic mass is 32.2. The van der Waals surface area contributed by atoms with E-state index in [0.717, 1.165) is 60.1 Å². The first kappa shape index (κ1) is 101. The van der Waals surface area contributed by atoms with Gasteiger partial charge in [-0.25, -0.2) is 31.9 Å². The molecule has 3 aromatic carbocycles. The van der Waals surface area contributed by atoms with Crippen LogP contribution in [0.5, 0.6) is 17.2 Å². The van der Waals surface area contributed by atoms with Crippen LogP contribution in [0.15, 0.2) is 92.8 Å². The third-order valence-electron chi connectivity index (χ3n) is 20.3. The Morgan fingerprint density at radius 2 is 0.836 bits per heavy atom. The predicted octanol–water partition coefficient (Wildman–Crippen LogP) is 15.4. The van der Waals surface area contributed by atoms with Crippen LogP contribution in [0.1, 0.15) is 181 Å².